The molecule has 0 saturated heterocycles. The van der Waals surface area contributed by atoms with E-state index in [1.165, 1.54) is 5.56 Å². The van der Waals surface area contributed by atoms with Gasteiger partial charge in [0.05, 0.1) is 12.0 Å². The molecule has 0 aliphatic heterocycles. The first-order chi connectivity index (χ1) is 11.6. The van der Waals surface area contributed by atoms with E-state index in [9.17, 15) is 5.11 Å². The summed E-state index contributed by atoms with van der Waals surface area (Å²) in [5, 5.41) is 14.5. The topological polar surface area (TPSA) is 62.6 Å². The molecule has 2 aromatic heterocycles. The van der Waals surface area contributed by atoms with Crippen LogP contribution < -0.4 is 0 Å². The summed E-state index contributed by atoms with van der Waals surface area (Å²) in [6.07, 6.45) is 0.901. The Bertz CT molecular complexity index is 731. The maximum absolute atomic E-state index is 10.5. The molecule has 0 amide bonds. The highest BCUT2D eigenvalue weighted by Crippen LogP contribution is 2.21. The Balaban J connectivity index is 1.77. The summed E-state index contributed by atoms with van der Waals surface area (Å²) in [5.41, 5.74) is 3.14. The third-order valence-corrected chi connectivity index (χ3v) is 4.11. The van der Waals surface area contributed by atoms with E-state index in [1.807, 2.05) is 32.0 Å². The second-order valence-corrected chi connectivity index (χ2v) is 5.99. The molecule has 0 saturated carbocycles. The Kier molecular flexibility index (Phi) is 5.13. The molecule has 5 heteroatoms. The van der Waals surface area contributed by atoms with Gasteiger partial charge in [0.25, 0.3) is 0 Å². The van der Waals surface area contributed by atoms with Crippen molar-refractivity contribution >= 4 is 0 Å². The van der Waals surface area contributed by atoms with E-state index < -0.39 is 6.10 Å². The highest BCUT2D eigenvalue weighted by Gasteiger charge is 2.19. The fourth-order valence-electron chi connectivity index (χ4n) is 2.79. The van der Waals surface area contributed by atoms with Gasteiger partial charge < -0.3 is 14.0 Å². The number of furan rings is 1. The summed E-state index contributed by atoms with van der Waals surface area (Å²) in [6, 6.07) is 13.8. The van der Waals surface area contributed by atoms with E-state index in [1.54, 1.807) is 18.4 Å². The van der Waals surface area contributed by atoms with Crippen LogP contribution in [0.25, 0.3) is 0 Å². The van der Waals surface area contributed by atoms with Gasteiger partial charge >= 0.3 is 0 Å². The van der Waals surface area contributed by atoms with Crippen molar-refractivity contribution in [3.05, 3.63) is 77.1 Å². The van der Waals surface area contributed by atoms with Crippen LogP contribution in [0.1, 0.15) is 34.4 Å². The van der Waals surface area contributed by atoms with Gasteiger partial charge in [0.2, 0.25) is 0 Å². The fraction of sp³-hybridized carbons (Fsp3) is 0.316. The molecule has 0 unspecified atom stereocenters. The summed E-state index contributed by atoms with van der Waals surface area (Å²) >= 11 is 0. The minimum Gasteiger partial charge on any atom is -0.467 e. The van der Waals surface area contributed by atoms with Crippen LogP contribution in [0.4, 0.5) is 0 Å². The Morgan fingerprint density at radius 1 is 1.08 bits per heavy atom. The van der Waals surface area contributed by atoms with Gasteiger partial charge in [-0.25, -0.2) is 0 Å². The number of aromatic nitrogens is 1. The van der Waals surface area contributed by atoms with Crippen LogP contribution in [0.3, 0.4) is 0 Å². The van der Waals surface area contributed by atoms with Gasteiger partial charge in [0.1, 0.15) is 17.6 Å². The van der Waals surface area contributed by atoms with Crippen LogP contribution in [-0.2, 0) is 13.1 Å². The highest BCUT2D eigenvalue weighted by atomic mass is 16.5. The number of aryl methyl sites for hydroxylation is 2. The van der Waals surface area contributed by atoms with Crippen LogP contribution in [0, 0.1) is 13.8 Å². The zero-order valence-corrected chi connectivity index (χ0v) is 14.0. The maximum atomic E-state index is 10.5. The molecule has 0 radical (unpaired) electrons. The molecule has 1 atom stereocenters. The van der Waals surface area contributed by atoms with Crippen molar-refractivity contribution in [1.29, 1.82) is 0 Å². The van der Waals surface area contributed by atoms with Crippen LogP contribution in [0.15, 0.2) is 57.7 Å². The van der Waals surface area contributed by atoms with Crippen LogP contribution >= 0.6 is 0 Å². The van der Waals surface area contributed by atoms with Gasteiger partial charge in [-0.2, -0.15) is 0 Å². The number of aliphatic hydroxyl groups excluding tert-OH is 1. The zero-order valence-electron chi connectivity index (χ0n) is 14.0. The minimum atomic E-state index is -0.677. The molecular weight excluding hydrogens is 304 g/mol. The van der Waals surface area contributed by atoms with E-state index >= 15 is 0 Å². The highest BCUT2D eigenvalue weighted by molar-refractivity contribution is 5.21. The van der Waals surface area contributed by atoms with Gasteiger partial charge in [-0.3, -0.25) is 4.90 Å². The standard InChI is InChI=1S/C19H22N2O3/c1-14-17(15(2)24-20-14)12-21(11-16-7-4-3-5-8-16)13-18(22)19-9-6-10-23-19/h3-10,18,22H,11-13H2,1-2H3/t18-/m1/s1. The number of hydrogen-bond acceptors (Lipinski definition) is 5. The molecule has 0 aliphatic rings. The van der Waals surface area contributed by atoms with E-state index in [0.29, 0.717) is 18.8 Å². The zero-order chi connectivity index (χ0) is 16.9. The minimum absolute atomic E-state index is 0.465. The summed E-state index contributed by atoms with van der Waals surface area (Å²) < 4.78 is 10.6. The Morgan fingerprint density at radius 3 is 2.50 bits per heavy atom. The lowest BCUT2D eigenvalue weighted by molar-refractivity contribution is 0.0870. The van der Waals surface area contributed by atoms with E-state index in [-0.39, 0.29) is 0 Å². The molecule has 24 heavy (non-hydrogen) atoms. The molecule has 1 aromatic carbocycles. The molecule has 3 rings (SSSR count). The van der Waals surface area contributed by atoms with Gasteiger partial charge in [0.15, 0.2) is 0 Å². The Morgan fingerprint density at radius 2 is 1.88 bits per heavy atom. The van der Waals surface area contributed by atoms with E-state index in [4.69, 9.17) is 8.94 Å². The Labute approximate surface area is 141 Å². The molecule has 5 nitrogen and oxygen atoms in total. The lowest BCUT2D eigenvalue weighted by atomic mass is 10.1. The summed E-state index contributed by atoms with van der Waals surface area (Å²) in [6.45, 7) is 5.71. The number of rotatable bonds is 7. The molecule has 0 spiro atoms. The number of benzene rings is 1. The largest absolute Gasteiger partial charge is 0.467 e. The Hall–Kier alpha value is -2.37. The number of nitrogens with zero attached hydrogens (tertiary/aromatic N) is 2. The number of hydrogen-bond donors (Lipinski definition) is 1. The molecule has 2 heterocycles. The third kappa shape index (κ3) is 3.93. The predicted molar refractivity (Wildman–Crippen MR) is 90.2 cm³/mol. The normalized spacial score (nSPS) is 12.7. The first-order valence-corrected chi connectivity index (χ1v) is 8.03. The van der Waals surface area contributed by atoms with Crippen molar-refractivity contribution in [3.8, 4) is 0 Å². The van der Waals surface area contributed by atoms with Crippen molar-refractivity contribution in [1.82, 2.24) is 10.1 Å². The van der Waals surface area contributed by atoms with Crippen LogP contribution in [-0.4, -0.2) is 21.7 Å². The van der Waals surface area contributed by atoms with Crippen LogP contribution in [0.2, 0.25) is 0 Å². The predicted octanol–water partition coefficient (Wildman–Crippen LogP) is 3.62. The van der Waals surface area contributed by atoms with Gasteiger partial charge in [-0.15, -0.1) is 0 Å². The smallest absolute Gasteiger partial charge is 0.138 e. The lowest BCUT2D eigenvalue weighted by Crippen LogP contribution is -2.28. The van der Waals surface area contributed by atoms with Crippen molar-refractivity contribution in [2.24, 2.45) is 0 Å². The SMILES string of the molecule is Cc1noc(C)c1CN(Cc1ccccc1)C[C@@H](O)c1ccco1. The van der Waals surface area contributed by atoms with Crippen molar-refractivity contribution in [2.45, 2.75) is 33.0 Å². The molecule has 0 bridgehead atoms. The molecule has 0 fully saturated rings. The van der Waals surface area contributed by atoms with Gasteiger partial charge in [-0.05, 0) is 31.5 Å². The van der Waals surface area contributed by atoms with Gasteiger partial charge in [0, 0.05) is 25.2 Å². The van der Waals surface area contributed by atoms with Crippen molar-refractivity contribution in [2.75, 3.05) is 6.54 Å². The average molecular weight is 326 g/mol. The molecule has 1 N–H and O–H groups in total. The maximum Gasteiger partial charge on any atom is 0.138 e. The quantitative estimate of drug-likeness (QED) is 0.718. The number of aliphatic hydroxyl groups is 1. The second kappa shape index (κ2) is 7.47. The van der Waals surface area contributed by atoms with Crippen molar-refractivity contribution < 1.29 is 14.0 Å². The molecule has 3 aromatic rings. The average Bonchev–Trinajstić information content (AvgIpc) is 3.21. The molecule has 126 valence electrons. The monoisotopic (exact) mass is 326 g/mol. The first-order valence-electron chi connectivity index (χ1n) is 8.03. The second-order valence-electron chi connectivity index (χ2n) is 5.99. The summed E-state index contributed by atoms with van der Waals surface area (Å²) in [5.74, 6) is 1.39. The molecular formula is C19H22N2O3. The van der Waals surface area contributed by atoms with Crippen LogP contribution in [0.5, 0.6) is 0 Å². The molecule has 0 aliphatic carbocycles. The fourth-order valence-corrected chi connectivity index (χ4v) is 2.79. The van der Waals surface area contributed by atoms with Gasteiger partial charge in [-0.1, -0.05) is 35.5 Å². The third-order valence-electron chi connectivity index (χ3n) is 4.11. The van der Waals surface area contributed by atoms with E-state index in [2.05, 4.69) is 22.2 Å². The van der Waals surface area contributed by atoms with Crippen molar-refractivity contribution in [3.63, 3.8) is 0 Å². The first kappa shape index (κ1) is 16.5. The summed E-state index contributed by atoms with van der Waals surface area (Å²) in [4.78, 5) is 2.18. The van der Waals surface area contributed by atoms with E-state index in [0.717, 1.165) is 23.6 Å². The lowest BCUT2D eigenvalue weighted by Gasteiger charge is -2.24. The summed E-state index contributed by atoms with van der Waals surface area (Å²) in [7, 11) is 0.